The van der Waals surface area contributed by atoms with Gasteiger partial charge in [0.1, 0.15) is 0 Å². The van der Waals surface area contributed by atoms with Crippen molar-refractivity contribution in [1.82, 2.24) is 14.3 Å². The molecule has 1 N–H and O–H groups in total. The molecule has 1 aliphatic carbocycles. The second-order valence-electron chi connectivity index (χ2n) is 6.73. The molecule has 2 heterocycles. The Balaban J connectivity index is 1.78. The topological polar surface area (TPSA) is 40.8 Å². The van der Waals surface area contributed by atoms with Gasteiger partial charge in [-0.25, -0.2) is 4.98 Å². The number of aliphatic hydroxyl groups is 1. The summed E-state index contributed by atoms with van der Waals surface area (Å²) in [5, 5.41) is 12.9. The van der Waals surface area contributed by atoms with Gasteiger partial charge in [0.05, 0.1) is 11.8 Å². The number of aliphatic hydroxyl groups excluding tert-OH is 1. The van der Waals surface area contributed by atoms with E-state index in [2.05, 4.69) is 30.9 Å². The van der Waals surface area contributed by atoms with Crippen LogP contribution in [0.25, 0.3) is 4.96 Å². The predicted octanol–water partition coefficient (Wildman–Crippen LogP) is 2.81. The Hall–Kier alpha value is -0.910. The van der Waals surface area contributed by atoms with Crippen LogP contribution in [0, 0.1) is 5.92 Å². The van der Waals surface area contributed by atoms with E-state index in [1.165, 1.54) is 12.8 Å². The number of hydrogen-bond acceptors (Lipinski definition) is 4. The summed E-state index contributed by atoms with van der Waals surface area (Å²) < 4.78 is 2.04. The Morgan fingerprint density at radius 2 is 2.19 bits per heavy atom. The number of hydrogen-bond donors (Lipinski definition) is 1. The molecule has 5 heteroatoms. The third-order valence-electron chi connectivity index (χ3n) is 5.20. The van der Waals surface area contributed by atoms with Gasteiger partial charge in [0, 0.05) is 29.7 Å². The number of likely N-dealkylation sites (N-methyl/N-ethyl adjacent to an activating group) is 1. The van der Waals surface area contributed by atoms with Crippen LogP contribution in [0.2, 0.25) is 0 Å². The minimum absolute atomic E-state index is 0.0937. The van der Waals surface area contributed by atoms with Crippen molar-refractivity contribution in [3.8, 4) is 0 Å². The first-order valence-electron chi connectivity index (χ1n) is 7.78. The summed E-state index contributed by atoms with van der Waals surface area (Å²) in [6.07, 6.45) is 8.90. The largest absolute Gasteiger partial charge is 0.391 e. The maximum Gasteiger partial charge on any atom is 0.193 e. The average molecular weight is 307 g/mol. The minimum Gasteiger partial charge on any atom is -0.391 e. The van der Waals surface area contributed by atoms with Crippen molar-refractivity contribution in [2.24, 2.45) is 5.92 Å². The van der Waals surface area contributed by atoms with Crippen molar-refractivity contribution in [2.45, 2.75) is 50.7 Å². The zero-order chi connectivity index (χ0) is 15.0. The average Bonchev–Trinajstić information content (AvgIpc) is 3.00. The van der Waals surface area contributed by atoms with E-state index in [0.29, 0.717) is 6.42 Å². The second-order valence-corrected chi connectivity index (χ2v) is 7.60. The SMILES string of the molecule is CC1CCC(C(O)Cc2cn3ccsc3n2)(N(C)C)CC1. The van der Waals surface area contributed by atoms with Crippen molar-refractivity contribution in [3.63, 3.8) is 0 Å². The first-order valence-corrected chi connectivity index (χ1v) is 8.66. The molecular weight excluding hydrogens is 282 g/mol. The van der Waals surface area contributed by atoms with Gasteiger partial charge < -0.3 is 10.0 Å². The van der Waals surface area contributed by atoms with Crippen LogP contribution in [-0.2, 0) is 6.42 Å². The zero-order valence-electron chi connectivity index (χ0n) is 13.1. The molecule has 0 spiro atoms. The fraction of sp³-hybridized carbons (Fsp3) is 0.688. The van der Waals surface area contributed by atoms with Crippen molar-refractivity contribution < 1.29 is 5.11 Å². The van der Waals surface area contributed by atoms with Gasteiger partial charge in [0.15, 0.2) is 4.96 Å². The van der Waals surface area contributed by atoms with Gasteiger partial charge in [-0.05, 0) is 45.7 Å². The number of fused-ring (bicyclic) bond motifs is 1. The van der Waals surface area contributed by atoms with Gasteiger partial charge in [-0.2, -0.15) is 0 Å². The molecule has 0 bridgehead atoms. The van der Waals surface area contributed by atoms with E-state index in [-0.39, 0.29) is 11.6 Å². The van der Waals surface area contributed by atoms with E-state index >= 15 is 0 Å². The lowest BCUT2D eigenvalue weighted by atomic mass is 9.72. The molecule has 1 unspecified atom stereocenters. The lowest BCUT2D eigenvalue weighted by Gasteiger charge is -2.47. The minimum atomic E-state index is -0.357. The Morgan fingerprint density at radius 1 is 1.48 bits per heavy atom. The fourth-order valence-electron chi connectivity index (χ4n) is 3.60. The third kappa shape index (κ3) is 2.74. The Bertz CT molecular complexity index is 567. The Labute approximate surface area is 130 Å². The normalized spacial score (nSPS) is 28.3. The quantitative estimate of drug-likeness (QED) is 0.944. The molecular formula is C16H25N3OS. The van der Waals surface area contributed by atoms with Crippen LogP contribution in [0.4, 0.5) is 0 Å². The molecule has 1 fully saturated rings. The number of thiazole rings is 1. The molecule has 0 radical (unpaired) electrons. The van der Waals surface area contributed by atoms with Gasteiger partial charge in [-0.1, -0.05) is 6.92 Å². The van der Waals surface area contributed by atoms with Crippen LogP contribution in [-0.4, -0.2) is 45.1 Å². The van der Waals surface area contributed by atoms with Gasteiger partial charge in [0.25, 0.3) is 0 Å². The van der Waals surface area contributed by atoms with Crippen molar-refractivity contribution in [3.05, 3.63) is 23.5 Å². The molecule has 2 aromatic rings. The summed E-state index contributed by atoms with van der Waals surface area (Å²) in [5.41, 5.74) is 0.901. The van der Waals surface area contributed by atoms with E-state index in [4.69, 9.17) is 0 Å². The van der Waals surface area contributed by atoms with Crippen LogP contribution in [0.5, 0.6) is 0 Å². The van der Waals surface area contributed by atoms with Gasteiger partial charge in [0.2, 0.25) is 0 Å². The van der Waals surface area contributed by atoms with Crippen molar-refractivity contribution in [1.29, 1.82) is 0 Å². The van der Waals surface area contributed by atoms with Gasteiger partial charge >= 0.3 is 0 Å². The molecule has 0 aliphatic heterocycles. The standard InChI is InChI=1S/C16H25N3OS/c1-12-4-6-16(7-5-12,18(2)3)14(20)10-13-11-19-8-9-21-15(19)17-13/h8-9,11-12,14,20H,4-7,10H2,1-3H3. The first kappa shape index (κ1) is 15.0. The summed E-state index contributed by atoms with van der Waals surface area (Å²) >= 11 is 1.64. The highest BCUT2D eigenvalue weighted by molar-refractivity contribution is 7.15. The molecule has 0 aromatic carbocycles. The van der Waals surface area contributed by atoms with Crippen molar-refractivity contribution >= 4 is 16.3 Å². The maximum atomic E-state index is 10.9. The van der Waals surface area contributed by atoms with Crippen molar-refractivity contribution in [2.75, 3.05) is 14.1 Å². The van der Waals surface area contributed by atoms with Gasteiger partial charge in [-0.3, -0.25) is 4.40 Å². The molecule has 1 atom stereocenters. The number of nitrogens with zero attached hydrogens (tertiary/aromatic N) is 3. The van der Waals surface area contributed by atoms with Crippen LogP contribution in [0.1, 0.15) is 38.3 Å². The van der Waals surface area contributed by atoms with Gasteiger partial charge in [-0.15, -0.1) is 11.3 Å². The molecule has 1 aliphatic rings. The lowest BCUT2D eigenvalue weighted by Crippen LogP contribution is -2.56. The highest BCUT2D eigenvalue weighted by Gasteiger charge is 2.42. The fourth-order valence-corrected chi connectivity index (χ4v) is 4.32. The maximum absolute atomic E-state index is 10.9. The second kappa shape index (κ2) is 5.71. The highest BCUT2D eigenvalue weighted by Crippen LogP contribution is 2.38. The monoisotopic (exact) mass is 307 g/mol. The number of rotatable bonds is 4. The molecule has 0 saturated heterocycles. The van der Waals surface area contributed by atoms with Crippen LogP contribution < -0.4 is 0 Å². The molecule has 4 nitrogen and oxygen atoms in total. The summed E-state index contributed by atoms with van der Waals surface area (Å²) in [4.78, 5) is 7.86. The smallest absolute Gasteiger partial charge is 0.193 e. The summed E-state index contributed by atoms with van der Waals surface area (Å²) in [6, 6.07) is 0. The van der Waals surface area contributed by atoms with Crippen LogP contribution in [0.3, 0.4) is 0 Å². The van der Waals surface area contributed by atoms with Crippen LogP contribution >= 0.6 is 11.3 Å². The molecule has 21 heavy (non-hydrogen) atoms. The Kier molecular flexibility index (Phi) is 4.08. The van der Waals surface area contributed by atoms with E-state index in [1.807, 2.05) is 22.2 Å². The lowest BCUT2D eigenvalue weighted by molar-refractivity contribution is -0.0385. The molecule has 2 aromatic heterocycles. The van der Waals surface area contributed by atoms with E-state index in [9.17, 15) is 5.11 Å². The molecule has 116 valence electrons. The Morgan fingerprint density at radius 3 is 2.81 bits per heavy atom. The summed E-state index contributed by atoms with van der Waals surface area (Å²) in [7, 11) is 4.20. The summed E-state index contributed by atoms with van der Waals surface area (Å²) in [6.45, 7) is 2.31. The first-order chi connectivity index (χ1) is 10.0. The van der Waals surface area contributed by atoms with E-state index in [1.54, 1.807) is 11.3 Å². The number of imidazole rings is 1. The highest BCUT2D eigenvalue weighted by atomic mass is 32.1. The molecule has 1 saturated carbocycles. The number of aromatic nitrogens is 2. The third-order valence-corrected chi connectivity index (χ3v) is 5.97. The zero-order valence-corrected chi connectivity index (χ0v) is 13.9. The van der Waals surface area contributed by atoms with Crippen LogP contribution in [0.15, 0.2) is 17.8 Å². The van der Waals surface area contributed by atoms with E-state index < -0.39 is 0 Å². The molecule has 3 rings (SSSR count). The predicted molar refractivity (Wildman–Crippen MR) is 86.8 cm³/mol. The molecule has 0 amide bonds. The summed E-state index contributed by atoms with van der Waals surface area (Å²) in [5.74, 6) is 0.781. The van der Waals surface area contributed by atoms with E-state index in [0.717, 1.165) is 29.4 Å².